The van der Waals surface area contributed by atoms with Crippen LogP contribution in [0.1, 0.15) is 50.0 Å². The van der Waals surface area contributed by atoms with Gasteiger partial charge < -0.3 is 14.4 Å². The van der Waals surface area contributed by atoms with Crippen molar-refractivity contribution < 1.29 is 23.8 Å². The number of ketones is 1. The topological polar surface area (TPSA) is 103 Å². The van der Waals surface area contributed by atoms with Crippen LogP contribution in [0.2, 0.25) is 5.02 Å². The van der Waals surface area contributed by atoms with Gasteiger partial charge in [0.1, 0.15) is 33.9 Å². The largest absolute Gasteiger partial charge is 0.477 e. The number of carboxylic acids is 1. The van der Waals surface area contributed by atoms with Crippen LogP contribution in [0, 0.1) is 11.2 Å². The van der Waals surface area contributed by atoms with Crippen LogP contribution >= 0.6 is 11.6 Å². The summed E-state index contributed by atoms with van der Waals surface area (Å²) >= 11 is 6.43. The third kappa shape index (κ3) is 3.04. The number of hydrogen-bond donors (Lipinski definition) is 1. The maximum atomic E-state index is 15.1. The molecule has 1 aliphatic heterocycles. The summed E-state index contributed by atoms with van der Waals surface area (Å²) in [6.45, 7) is 6.04. The lowest BCUT2D eigenvalue weighted by molar-refractivity contribution is -0.129. The van der Waals surface area contributed by atoms with E-state index in [-0.39, 0.29) is 53.6 Å². The first-order valence-electron chi connectivity index (χ1n) is 9.12. The number of aromatic carboxylic acids is 1. The van der Waals surface area contributed by atoms with Crippen molar-refractivity contribution in [1.29, 1.82) is 0 Å². The SMILES string of the molecule is CC(C)(C)[C@@H]1Cn2nc(OC3CC(=O)C3)c(Cl)c2-c2c(F)c(=O)c(C(=O)O)cn21. The molecule has 0 bridgehead atoms. The van der Waals surface area contributed by atoms with Crippen LogP contribution in [0.3, 0.4) is 0 Å². The second-order valence-corrected chi connectivity index (χ2v) is 8.84. The van der Waals surface area contributed by atoms with E-state index in [0.717, 1.165) is 6.20 Å². The van der Waals surface area contributed by atoms with Crippen molar-refractivity contribution >= 4 is 23.4 Å². The maximum Gasteiger partial charge on any atom is 0.341 e. The molecular weight excluding hydrogens is 405 g/mol. The molecule has 154 valence electrons. The van der Waals surface area contributed by atoms with Crippen molar-refractivity contribution in [3.63, 3.8) is 0 Å². The van der Waals surface area contributed by atoms with E-state index in [0.29, 0.717) is 0 Å². The van der Waals surface area contributed by atoms with Gasteiger partial charge in [-0.1, -0.05) is 32.4 Å². The zero-order valence-electron chi connectivity index (χ0n) is 16.0. The molecule has 1 fully saturated rings. The number of carboxylic acid groups (broad SMARTS) is 1. The summed E-state index contributed by atoms with van der Waals surface area (Å²) in [7, 11) is 0. The van der Waals surface area contributed by atoms with Gasteiger partial charge in [0.15, 0.2) is 5.82 Å². The van der Waals surface area contributed by atoms with Crippen molar-refractivity contribution in [3.8, 4) is 17.3 Å². The van der Waals surface area contributed by atoms with Gasteiger partial charge in [-0.2, -0.15) is 0 Å². The van der Waals surface area contributed by atoms with Gasteiger partial charge in [-0.3, -0.25) is 14.3 Å². The number of carbonyl (C=O) groups excluding carboxylic acids is 1. The predicted molar refractivity (Wildman–Crippen MR) is 101 cm³/mol. The van der Waals surface area contributed by atoms with Gasteiger partial charge >= 0.3 is 5.97 Å². The van der Waals surface area contributed by atoms with Crippen LogP contribution in [0.25, 0.3) is 11.4 Å². The van der Waals surface area contributed by atoms with Crippen LogP contribution in [-0.4, -0.2) is 37.3 Å². The molecule has 0 saturated heterocycles. The minimum absolute atomic E-state index is 0.0202. The van der Waals surface area contributed by atoms with Gasteiger partial charge in [0.25, 0.3) is 5.88 Å². The highest BCUT2D eigenvalue weighted by atomic mass is 35.5. The van der Waals surface area contributed by atoms with Gasteiger partial charge in [0.05, 0.1) is 12.6 Å². The van der Waals surface area contributed by atoms with E-state index in [1.54, 1.807) is 0 Å². The summed E-state index contributed by atoms with van der Waals surface area (Å²) in [5.41, 5.74) is -2.24. The van der Waals surface area contributed by atoms with Crippen molar-refractivity contribution in [3.05, 3.63) is 32.8 Å². The number of ether oxygens (including phenoxy) is 1. The third-order valence-electron chi connectivity index (χ3n) is 5.37. The maximum absolute atomic E-state index is 15.1. The Morgan fingerprint density at radius 2 is 1.97 bits per heavy atom. The first-order chi connectivity index (χ1) is 13.5. The molecule has 1 N–H and O–H groups in total. The van der Waals surface area contributed by atoms with Crippen LogP contribution in [0.15, 0.2) is 11.0 Å². The van der Waals surface area contributed by atoms with Gasteiger partial charge in [0.2, 0.25) is 5.43 Å². The molecule has 0 aromatic carbocycles. The zero-order valence-corrected chi connectivity index (χ0v) is 16.8. The lowest BCUT2D eigenvalue weighted by atomic mass is 9.85. The number of nitrogens with zero attached hydrogens (tertiary/aromatic N) is 3. The molecule has 3 heterocycles. The quantitative estimate of drug-likeness (QED) is 0.814. The molecule has 29 heavy (non-hydrogen) atoms. The fourth-order valence-corrected chi connectivity index (χ4v) is 3.98. The van der Waals surface area contributed by atoms with Gasteiger partial charge in [-0.15, -0.1) is 5.10 Å². The summed E-state index contributed by atoms with van der Waals surface area (Å²) in [4.78, 5) is 35.0. The summed E-state index contributed by atoms with van der Waals surface area (Å²) in [5, 5.41) is 13.7. The van der Waals surface area contributed by atoms with Gasteiger partial charge in [-0.05, 0) is 5.41 Å². The van der Waals surface area contributed by atoms with Gasteiger partial charge in [-0.25, -0.2) is 9.18 Å². The Hall–Kier alpha value is -2.68. The Bertz CT molecular complexity index is 1110. The highest BCUT2D eigenvalue weighted by Crippen LogP contribution is 2.45. The fourth-order valence-electron chi connectivity index (χ4n) is 3.71. The molecule has 4 rings (SSSR count). The molecule has 1 atom stereocenters. The number of pyridine rings is 1. The summed E-state index contributed by atoms with van der Waals surface area (Å²) in [6, 6.07) is -0.396. The lowest BCUT2D eigenvalue weighted by Crippen LogP contribution is -2.37. The number of halogens is 2. The molecule has 0 amide bonds. The van der Waals surface area contributed by atoms with Gasteiger partial charge in [0, 0.05) is 19.0 Å². The van der Waals surface area contributed by atoms with Crippen LogP contribution in [0.5, 0.6) is 5.88 Å². The Morgan fingerprint density at radius 1 is 1.31 bits per heavy atom. The number of fused-ring (bicyclic) bond motifs is 3. The van der Waals surface area contributed by atoms with Crippen molar-refractivity contribution in [1.82, 2.24) is 14.3 Å². The summed E-state index contributed by atoms with van der Waals surface area (Å²) < 4.78 is 23.8. The minimum Gasteiger partial charge on any atom is -0.477 e. The Kier molecular flexibility index (Phi) is 4.34. The summed E-state index contributed by atoms with van der Waals surface area (Å²) in [6.07, 6.45) is 1.35. The lowest BCUT2D eigenvalue weighted by Gasteiger charge is -2.38. The Labute approximate surface area is 169 Å². The number of Topliss-reactive ketones (excluding diaryl/α,β-unsaturated/α-hetero) is 1. The monoisotopic (exact) mass is 423 g/mol. The van der Waals surface area contributed by atoms with E-state index in [2.05, 4.69) is 5.10 Å². The molecule has 0 unspecified atom stereocenters. The minimum atomic E-state index is -1.50. The van der Waals surface area contributed by atoms with Crippen molar-refractivity contribution in [2.75, 3.05) is 0 Å². The molecular formula is C19H19ClFN3O5. The second-order valence-electron chi connectivity index (χ2n) is 8.47. The van der Waals surface area contributed by atoms with Crippen LogP contribution in [-0.2, 0) is 11.3 Å². The molecule has 0 radical (unpaired) electrons. The van der Waals surface area contributed by atoms with E-state index in [4.69, 9.17) is 16.3 Å². The smallest absolute Gasteiger partial charge is 0.341 e. The average molecular weight is 424 g/mol. The molecule has 10 heteroatoms. The highest BCUT2D eigenvalue weighted by molar-refractivity contribution is 6.34. The zero-order chi connectivity index (χ0) is 21.2. The van der Waals surface area contributed by atoms with Crippen LogP contribution in [0.4, 0.5) is 4.39 Å². The predicted octanol–water partition coefficient (Wildman–Crippen LogP) is 2.91. The van der Waals surface area contributed by atoms with E-state index in [1.165, 1.54) is 9.25 Å². The van der Waals surface area contributed by atoms with E-state index >= 15 is 4.39 Å². The molecule has 2 aromatic heterocycles. The van der Waals surface area contributed by atoms with Crippen molar-refractivity contribution in [2.24, 2.45) is 5.41 Å². The first-order valence-corrected chi connectivity index (χ1v) is 9.49. The average Bonchev–Trinajstić information content (AvgIpc) is 2.90. The number of aromatic nitrogens is 3. The van der Waals surface area contributed by atoms with Crippen LogP contribution < -0.4 is 10.2 Å². The number of hydrogen-bond acceptors (Lipinski definition) is 5. The normalized spacial score (nSPS) is 18.8. The fraction of sp³-hybridized carbons (Fsp3) is 0.474. The van der Waals surface area contributed by atoms with Crippen molar-refractivity contribution in [2.45, 2.75) is 52.3 Å². The molecule has 1 saturated carbocycles. The molecule has 8 nitrogen and oxygen atoms in total. The third-order valence-corrected chi connectivity index (χ3v) is 5.71. The molecule has 2 aromatic rings. The molecule has 1 aliphatic carbocycles. The summed E-state index contributed by atoms with van der Waals surface area (Å²) in [5.74, 6) is -2.56. The standard InChI is InChI=1S/C19H19ClFN3O5/c1-19(2,3)11-7-24-14(12(20)17(22-24)29-9-4-8(25)5-9)15-13(21)16(26)10(18(27)28)6-23(11)15/h6,9,11H,4-5,7H2,1-3H3,(H,27,28)/t11-/m0/s1. The highest BCUT2D eigenvalue weighted by Gasteiger charge is 2.39. The van der Waals surface area contributed by atoms with E-state index in [1.807, 2.05) is 20.8 Å². The Balaban J connectivity index is 1.92. The number of carbonyl (C=O) groups is 2. The first kappa shape index (κ1) is 19.6. The second kappa shape index (κ2) is 6.41. The van der Waals surface area contributed by atoms with E-state index in [9.17, 15) is 19.5 Å². The molecule has 2 aliphatic rings. The van der Waals surface area contributed by atoms with E-state index < -0.39 is 34.2 Å². The number of rotatable bonds is 3. The Morgan fingerprint density at radius 3 is 2.52 bits per heavy atom. The molecule has 0 spiro atoms.